The number of hydrogen-bond donors (Lipinski definition) is 2. The van der Waals surface area contributed by atoms with Gasteiger partial charge in [-0.1, -0.05) is 66.7 Å². The van der Waals surface area contributed by atoms with Crippen LogP contribution in [-0.2, 0) is 15.8 Å². The zero-order valence-corrected chi connectivity index (χ0v) is 21.3. The summed E-state index contributed by atoms with van der Waals surface area (Å²) in [6.07, 6.45) is 0. The Bertz CT molecular complexity index is 1720. The first-order valence-electron chi connectivity index (χ1n) is 11.4. The molecule has 0 aliphatic heterocycles. The number of fused-ring (bicyclic) bond motifs is 2. The van der Waals surface area contributed by atoms with Crippen molar-refractivity contribution in [3.05, 3.63) is 115 Å². The van der Waals surface area contributed by atoms with Crippen molar-refractivity contribution in [3.63, 3.8) is 0 Å². The summed E-state index contributed by atoms with van der Waals surface area (Å²) in [7, 11) is -3.73. The Labute approximate surface area is 218 Å². The van der Waals surface area contributed by atoms with Gasteiger partial charge in [0.2, 0.25) is 5.09 Å². The molecule has 8 heteroatoms. The third-order valence-electron chi connectivity index (χ3n) is 5.61. The van der Waals surface area contributed by atoms with Crippen molar-refractivity contribution in [1.82, 2.24) is 0 Å². The number of furan rings is 2. The third kappa shape index (κ3) is 5.89. The predicted molar refractivity (Wildman–Crippen MR) is 150 cm³/mol. The second-order valence-corrected chi connectivity index (χ2v) is 10.8. The summed E-state index contributed by atoms with van der Waals surface area (Å²) < 4.78 is 32.8. The molecule has 0 fully saturated rings. The number of para-hydroxylation sites is 2. The van der Waals surface area contributed by atoms with E-state index in [0.717, 1.165) is 39.1 Å². The Balaban J connectivity index is 0.000000182. The van der Waals surface area contributed by atoms with Gasteiger partial charge in [-0.3, -0.25) is 0 Å². The number of rotatable bonds is 5. The molecular formula is C29H24N2O4S2. The van der Waals surface area contributed by atoms with E-state index in [1.165, 1.54) is 16.5 Å². The van der Waals surface area contributed by atoms with Crippen molar-refractivity contribution in [2.45, 2.75) is 15.7 Å². The molecule has 0 amide bonds. The minimum Gasteiger partial charge on any atom is -0.456 e. The van der Waals surface area contributed by atoms with E-state index in [0.29, 0.717) is 5.58 Å². The Morgan fingerprint density at radius 3 is 2.03 bits per heavy atom. The maximum absolute atomic E-state index is 10.9. The first-order chi connectivity index (χ1) is 17.9. The van der Waals surface area contributed by atoms with Crippen LogP contribution in [0.5, 0.6) is 0 Å². The number of hydrogen-bond acceptors (Lipinski definition) is 6. The molecule has 4 aromatic carbocycles. The lowest BCUT2D eigenvalue weighted by Crippen LogP contribution is -2.10. The Kier molecular flexibility index (Phi) is 7.05. The highest BCUT2D eigenvalue weighted by molar-refractivity contribution is 7.98. The SMILES string of the molecule is NS(=O)(=O)c1cc2ccccc2o1.Nc1cccc(CSc2ccccc2-c2cc3ccccc3o2)c1. The Morgan fingerprint density at radius 2 is 1.35 bits per heavy atom. The van der Waals surface area contributed by atoms with Crippen molar-refractivity contribution in [2.24, 2.45) is 5.14 Å². The maximum atomic E-state index is 10.9. The van der Waals surface area contributed by atoms with Gasteiger partial charge in [0.25, 0.3) is 10.0 Å². The average molecular weight is 529 g/mol. The molecule has 186 valence electrons. The number of thioether (sulfide) groups is 1. The van der Waals surface area contributed by atoms with E-state index in [4.69, 9.17) is 19.7 Å². The quantitative estimate of drug-likeness (QED) is 0.183. The normalized spacial score (nSPS) is 11.4. The van der Waals surface area contributed by atoms with Crippen LogP contribution in [-0.4, -0.2) is 8.42 Å². The van der Waals surface area contributed by atoms with E-state index in [2.05, 4.69) is 36.4 Å². The van der Waals surface area contributed by atoms with E-state index in [1.54, 1.807) is 36.0 Å². The average Bonchev–Trinajstić information content (AvgIpc) is 3.53. The first kappa shape index (κ1) is 24.7. The Hall–Kier alpha value is -3.98. The third-order valence-corrected chi connectivity index (χ3v) is 7.51. The fraction of sp³-hybridized carbons (Fsp3) is 0.0345. The molecule has 2 heterocycles. The van der Waals surface area contributed by atoms with Gasteiger partial charge < -0.3 is 14.6 Å². The van der Waals surface area contributed by atoms with Crippen LogP contribution in [0.2, 0.25) is 0 Å². The first-order valence-corrected chi connectivity index (χ1v) is 14.0. The molecule has 6 aromatic rings. The standard InChI is InChI=1S/C21H17NOS.C8H7NO3S/c22-17-8-5-6-15(12-17)14-24-21-11-4-2-9-18(21)20-13-16-7-1-3-10-19(16)23-20;9-13(10,11)8-5-6-3-1-2-4-7(6)12-8/h1-13H,14,22H2;1-5H,(H2,9,10,11). The van der Waals surface area contributed by atoms with Gasteiger partial charge in [0.05, 0.1) is 0 Å². The van der Waals surface area contributed by atoms with E-state index >= 15 is 0 Å². The molecule has 0 bridgehead atoms. The van der Waals surface area contributed by atoms with E-state index < -0.39 is 10.0 Å². The van der Waals surface area contributed by atoms with Gasteiger partial charge in [0.15, 0.2) is 0 Å². The molecule has 0 saturated carbocycles. The number of nitrogens with two attached hydrogens (primary N) is 2. The molecule has 0 spiro atoms. The minimum atomic E-state index is -3.73. The largest absolute Gasteiger partial charge is 0.456 e. The highest BCUT2D eigenvalue weighted by Gasteiger charge is 2.13. The summed E-state index contributed by atoms with van der Waals surface area (Å²) in [5, 5.41) is 6.55. The fourth-order valence-electron chi connectivity index (χ4n) is 3.85. The molecule has 2 aromatic heterocycles. The van der Waals surface area contributed by atoms with Gasteiger partial charge in [-0.25, -0.2) is 13.6 Å². The fourth-order valence-corrected chi connectivity index (χ4v) is 5.35. The zero-order valence-electron chi connectivity index (χ0n) is 19.7. The number of nitrogen functional groups attached to an aromatic ring is 1. The summed E-state index contributed by atoms with van der Waals surface area (Å²) in [5.74, 6) is 1.79. The smallest absolute Gasteiger partial charge is 0.271 e. The minimum absolute atomic E-state index is 0.200. The molecule has 6 rings (SSSR count). The van der Waals surface area contributed by atoms with E-state index in [1.807, 2.05) is 42.5 Å². The van der Waals surface area contributed by atoms with Crippen LogP contribution in [0.15, 0.2) is 128 Å². The maximum Gasteiger partial charge on any atom is 0.271 e. The van der Waals surface area contributed by atoms with Crippen molar-refractivity contribution < 1.29 is 17.3 Å². The molecule has 0 aliphatic carbocycles. The van der Waals surface area contributed by atoms with Crippen LogP contribution in [0.25, 0.3) is 33.3 Å². The van der Waals surface area contributed by atoms with Crippen LogP contribution in [0.1, 0.15) is 5.56 Å². The number of primary sulfonamides is 1. The molecule has 0 radical (unpaired) electrons. The molecule has 0 atom stereocenters. The van der Waals surface area contributed by atoms with Gasteiger partial charge in [-0.15, -0.1) is 11.8 Å². The highest BCUT2D eigenvalue weighted by Crippen LogP contribution is 2.36. The highest BCUT2D eigenvalue weighted by atomic mass is 32.2. The van der Waals surface area contributed by atoms with Crippen molar-refractivity contribution in [2.75, 3.05) is 5.73 Å². The lowest BCUT2D eigenvalue weighted by molar-refractivity contribution is 0.482. The molecule has 0 saturated heterocycles. The van der Waals surface area contributed by atoms with Gasteiger partial charge in [-0.2, -0.15) is 0 Å². The van der Waals surface area contributed by atoms with E-state index in [-0.39, 0.29) is 5.09 Å². The molecular weight excluding hydrogens is 504 g/mol. The number of benzene rings is 4. The molecule has 4 N–H and O–H groups in total. The lowest BCUT2D eigenvalue weighted by Gasteiger charge is -2.07. The summed E-state index contributed by atoms with van der Waals surface area (Å²) >= 11 is 1.80. The van der Waals surface area contributed by atoms with Gasteiger partial charge in [0, 0.05) is 38.7 Å². The Morgan fingerprint density at radius 1 is 0.703 bits per heavy atom. The predicted octanol–water partition coefficient (Wildman–Crippen LogP) is 7.05. The second kappa shape index (κ2) is 10.6. The van der Waals surface area contributed by atoms with Crippen molar-refractivity contribution in [1.29, 1.82) is 0 Å². The monoisotopic (exact) mass is 528 g/mol. The van der Waals surface area contributed by atoms with Gasteiger partial charge in [-0.05, 0) is 42.0 Å². The lowest BCUT2D eigenvalue weighted by atomic mass is 10.1. The molecule has 0 unspecified atom stereocenters. The summed E-state index contributed by atoms with van der Waals surface area (Å²) in [5.41, 5.74) is 10.5. The van der Waals surface area contributed by atoms with Crippen LogP contribution in [0.3, 0.4) is 0 Å². The summed E-state index contributed by atoms with van der Waals surface area (Å²) in [6.45, 7) is 0. The number of anilines is 1. The zero-order chi connectivity index (χ0) is 25.8. The van der Waals surface area contributed by atoms with E-state index in [9.17, 15) is 8.42 Å². The molecule has 0 aliphatic rings. The van der Waals surface area contributed by atoms with Gasteiger partial charge >= 0.3 is 0 Å². The van der Waals surface area contributed by atoms with Crippen molar-refractivity contribution in [3.8, 4) is 11.3 Å². The topological polar surface area (TPSA) is 112 Å². The molecule has 6 nitrogen and oxygen atoms in total. The van der Waals surface area contributed by atoms with Crippen LogP contribution < -0.4 is 10.9 Å². The van der Waals surface area contributed by atoms with Crippen molar-refractivity contribution >= 4 is 49.4 Å². The number of sulfonamides is 1. The van der Waals surface area contributed by atoms with Crippen LogP contribution in [0, 0.1) is 0 Å². The summed E-state index contributed by atoms with van der Waals surface area (Å²) in [4.78, 5) is 1.21. The van der Waals surface area contributed by atoms with Crippen LogP contribution >= 0.6 is 11.8 Å². The van der Waals surface area contributed by atoms with Crippen LogP contribution in [0.4, 0.5) is 5.69 Å². The summed E-state index contributed by atoms with van der Waals surface area (Å²) in [6, 6.07) is 35.0. The molecule has 37 heavy (non-hydrogen) atoms. The van der Waals surface area contributed by atoms with Gasteiger partial charge in [0.1, 0.15) is 16.9 Å². The second-order valence-electron chi connectivity index (χ2n) is 8.33.